The van der Waals surface area contributed by atoms with Gasteiger partial charge < -0.3 is 10.6 Å². The van der Waals surface area contributed by atoms with Gasteiger partial charge in [0, 0.05) is 24.0 Å². The minimum absolute atomic E-state index is 0.251. The number of amides is 1. The highest BCUT2D eigenvalue weighted by Gasteiger charge is 2.08. The number of anilines is 2. The van der Waals surface area contributed by atoms with E-state index in [1.165, 1.54) is 12.4 Å². The first kappa shape index (κ1) is 17.2. The highest BCUT2D eigenvalue weighted by atomic mass is 35.5. The average molecular weight is 373 g/mol. The topological polar surface area (TPSA) is 66.9 Å². The summed E-state index contributed by atoms with van der Waals surface area (Å²) in [6.45, 7) is 0.398. The number of nitrogens with one attached hydrogen (secondary N) is 2. The number of carbonyl (C=O) groups is 1. The van der Waals surface area contributed by atoms with E-state index in [0.29, 0.717) is 33.8 Å². The molecule has 3 aromatic rings. The molecule has 2 N–H and O–H groups in total. The van der Waals surface area contributed by atoms with E-state index in [1.54, 1.807) is 18.2 Å². The fourth-order valence-electron chi connectivity index (χ4n) is 2.08. The van der Waals surface area contributed by atoms with Gasteiger partial charge in [0.15, 0.2) is 0 Å². The zero-order valence-electron chi connectivity index (χ0n) is 13.0. The Balaban J connectivity index is 1.60. The van der Waals surface area contributed by atoms with E-state index in [0.717, 1.165) is 5.56 Å². The van der Waals surface area contributed by atoms with Crippen LogP contribution in [0.15, 0.2) is 60.9 Å². The van der Waals surface area contributed by atoms with Crippen LogP contribution in [0.5, 0.6) is 0 Å². The molecule has 0 aliphatic heterocycles. The maximum atomic E-state index is 12.1. The van der Waals surface area contributed by atoms with Gasteiger partial charge in [-0.1, -0.05) is 47.5 Å². The maximum Gasteiger partial charge on any atom is 0.254 e. The van der Waals surface area contributed by atoms with Gasteiger partial charge in [-0.3, -0.25) is 4.79 Å². The molecule has 126 valence electrons. The molecule has 0 spiro atoms. The first-order valence-corrected chi connectivity index (χ1v) is 8.23. The van der Waals surface area contributed by atoms with E-state index in [2.05, 4.69) is 20.6 Å². The van der Waals surface area contributed by atoms with Crippen LogP contribution < -0.4 is 10.6 Å². The summed E-state index contributed by atoms with van der Waals surface area (Å²) in [7, 11) is 0. The summed E-state index contributed by atoms with van der Waals surface area (Å²) in [4.78, 5) is 20.4. The number of carbonyl (C=O) groups excluding carboxylic acids is 1. The molecule has 0 radical (unpaired) electrons. The van der Waals surface area contributed by atoms with Gasteiger partial charge in [0.1, 0.15) is 0 Å². The van der Waals surface area contributed by atoms with E-state index in [-0.39, 0.29) is 5.91 Å². The number of hydrogen-bond acceptors (Lipinski definition) is 4. The first-order chi connectivity index (χ1) is 12.1. The van der Waals surface area contributed by atoms with E-state index in [4.69, 9.17) is 23.2 Å². The van der Waals surface area contributed by atoms with Gasteiger partial charge in [-0.25, -0.2) is 9.97 Å². The Bertz CT molecular complexity index is 867. The van der Waals surface area contributed by atoms with Gasteiger partial charge in [-0.2, -0.15) is 0 Å². The number of aromatic nitrogens is 2. The molecular formula is C18H14Cl2N4O. The highest BCUT2D eigenvalue weighted by molar-refractivity contribution is 6.33. The van der Waals surface area contributed by atoms with Crippen LogP contribution in [0, 0.1) is 0 Å². The molecule has 7 heteroatoms. The lowest BCUT2D eigenvalue weighted by Crippen LogP contribution is -2.23. The van der Waals surface area contributed by atoms with Gasteiger partial charge in [0.25, 0.3) is 5.91 Å². The summed E-state index contributed by atoms with van der Waals surface area (Å²) in [5.74, 6) is 0.113. The largest absolute Gasteiger partial charge is 0.348 e. The van der Waals surface area contributed by atoms with Crippen LogP contribution in [0.25, 0.3) is 0 Å². The lowest BCUT2D eigenvalue weighted by molar-refractivity contribution is 0.0950. The Morgan fingerprint density at radius 2 is 1.64 bits per heavy atom. The molecular weight excluding hydrogens is 359 g/mol. The predicted molar refractivity (Wildman–Crippen MR) is 99.4 cm³/mol. The van der Waals surface area contributed by atoms with Crippen molar-refractivity contribution in [3.05, 3.63) is 82.1 Å². The summed E-state index contributed by atoms with van der Waals surface area (Å²) in [5.41, 5.74) is 2.03. The molecule has 0 unspecified atom stereocenters. The summed E-state index contributed by atoms with van der Waals surface area (Å²) < 4.78 is 0. The van der Waals surface area contributed by atoms with E-state index < -0.39 is 0 Å². The summed E-state index contributed by atoms with van der Waals surface area (Å²) in [6, 6.07) is 14.5. The minimum Gasteiger partial charge on any atom is -0.348 e. The average Bonchev–Trinajstić information content (AvgIpc) is 2.63. The molecule has 25 heavy (non-hydrogen) atoms. The van der Waals surface area contributed by atoms with Crippen molar-refractivity contribution in [1.29, 1.82) is 0 Å². The molecule has 5 nitrogen and oxygen atoms in total. The van der Waals surface area contributed by atoms with E-state index >= 15 is 0 Å². The molecule has 0 saturated carbocycles. The lowest BCUT2D eigenvalue weighted by Gasteiger charge is -2.08. The lowest BCUT2D eigenvalue weighted by atomic mass is 10.2. The second kappa shape index (κ2) is 7.96. The second-order valence-corrected chi connectivity index (χ2v) is 6.05. The Labute approximate surface area is 155 Å². The van der Waals surface area contributed by atoms with Crippen molar-refractivity contribution >= 4 is 40.7 Å². The summed E-state index contributed by atoms with van der Waals surface area (Å²) in [6.07, 6.45) is 2.92. The Hall–Kier alpha value is -2.63. The number of para-hydroxylation sites is 1. The molecule has 0 fully saturated rings. The number of hydrogen-bond donors (Lipinski definition) is 2. The monoisotopic (exact) mass is 372 g/mol. The summed E-state index contributed by atoms with van der Waals surface area (Å²) in [5, 5.41) is 7.04. The quantitative estimate of drug-likeness (QED) is 0.693. The van der Waals surface area contributed by atoms with Crippen LogP contribution in [0.4, 0.5) is 11.6 Å². The number of benzene rings is 2. The van der Waals surface area contributed by atoms with Crippen LogP contribution in [0.3, 0.4) is 0 Å². The number of rotatable bonds is 5. The minimum atomic E-state index is -0.251. The zero-order valence-corrected chi connectivity index (χ0v) is 14.6. The van der Waals surface area contributed by atoms with Crippen LogP contribution in [0.2, 0.25) is 10.0 Å². The molecule has 0 aliphatic rings. The summed E-state index contributed by atoms with van der Waals surface area (Å²) >= 11 is 11.9. The Morgan fingerprint density at radius 3 is 2.32 bits per heavy atom. The van der Waals surface area contributed by atoms with Crippen molar-refractivity contribution < 1.29 is 4.79 Å². The van der Waals surface area contributed by atoms with Crippen LogP contribution in [-0.2, 0) is 6.54 Å². The molecule has 0 aliphatic carbocycles. The predicted octanol–water partition coefficient (Wildman–Crippen LogP) is 4.46. The van der Waals surface area contributed by atoms with E-state index in [9.17, 15) is 4.79 Å². The fraction of sp³-hybridized carbons (Fsp3) is 0.0556. The standard InChI is InChI=1S/C18H14Cl2N4O/c19-14-7-5-12(6-8-14)9-21-17(25)13-10-22-18(23-11-13)24-16-4-2-1-3-15(16)20/h1-8,10-11H,9H2,(H,21,25)(H,22,23,24). The molecule has 1 aromatic heterocycles. The van der Waals surface area contributed by atoms with Crippen molar-refractivity contribution in [3.8, 4) is 0 Å². The van der Waals surface area contributed by atoms with Crippen molar-refractivity contribution in [2.45, 2.75) is 6.54 Å². The number of halogens is 2. The van der Waals surface area contributed by atoms with Gasteiger partial charge in [0.05, 0.1) is 16.3 Å². The SMILES string of the molecule is O=C(NCc1ccc(Cl)cc1)c1cnc(Nc2ccccc2Cl)nc1. The van der Waals surface area contributed by atoms with Crippen molar-refractivity contribution in [2.24, 2.45) is 0 Å². The maximum absolute atomic E-state index is 12.1. The van der Waals surface area contributed by atoms with Gasteiger partial charge in [0.2, 0.25) is 5.95 Å². The normalized spacial score (nSPS) is 10.3. The van der Waals surface area contributed by atoms with Gasteiger partial charge in [-0.15, -0.1) is 0 Å². The van der Waals surface area contributed by atoms with Gasteiger partial charge in [-0.05, 0) is 29.8 Å². The Morgan fingerprint density at radius 1 is 0.960 bits per heavy atom. The van der Waals surface area contributed by atoms with Crippen LogP contribution >= 0.6 is 23.2 Å². The molecule has 1 amide bonds. The Kier molecular flexibility index (Phi) is 5.48. The third-order valence-electron chi connectivity index (χ3n) is 3.40. The first-order valence-electron chi connectivity index (χ1n) is 7.48. The zero-order chi connectivity index (χ0) is 17.6. The molecule has 3 rings (SSSR count). The van der Waals surface area contributed by atoms with Crippen molar-refractivity contribution in [3.63, 3.8) is 0 Å². The number of nitrogens with zero attached hydrogens (tertiary/aromatic N) is 2. The van der Waals surface area contributed by atoms with Crippen LogP contribution in [0.1, 0.15) is 15.9 Å². The van der Waals surface area contributed by atoms with Crippen molar-refractivity contribution in [2.75, 3.05) is 5.32 Å². The molecule has 2 aromatic carbocycles. The second-order valence-electron chi connectivity index (χ2n) is 5.21. The molecule has 0 saturated heterocycles. The third kappa shape index (κ3) is 4.68. The molecule has 0 bridgehead atoms. The van der Waals surface area contributed by atoms with Crippen molar-refractivity contribution in [1.82, 2.24) is 15.3 Å². The third-order valence-corrected chi connectivity index (χ3v) is 3.98. The van der Waals surface area contributed by atoms with E-state index in [1.807, 2.05) is 30.3 Å². The molecule has 1 heterocycles. The molecule has 0 atom stereocenters. The smallest absolute Gasteiger partial charge is 0.254 e. The van der Waals surface area contributed by atoms with Crippen LogP contribution in [-0.4, -0.2) is 15.9 Å². The highest BCUT2D eigenvalue weighted by Crippen LogP contribution is 2.22. The fourth-order valence-corrected chi connectivity index (χ4v) is 2.39. The van der Waals surface area contributed by atoms with Gasteiger partial charge >= 0.3 is 0 Å².